The molecule has 1 unspecified atom stereocenters. The highest BCUT2D eigenvalue weighted by Crippen LogP contribution is 2.18. The summed E-state index contributed by atoms with van der Waals surface area (Å²) in [5, 5.41) is 11.6. The van der Waals surface area contributed by atoms with E-state index in [0.717, 1.165) is 17.0 Å². The van der Waals surface area contributed by atoms with Gasteiger partial charge < -0.3 is 10.4 Å². The third-order valence-corrected chi connectivity index (χ3v) is 4.78. The molecule has 1 amide bonds. The number of fused-ring (bicyclic) bond motifs is 1. The number of thiazole rings is 1. The lowest BCUT2D eigenvalue weighted by atomic mass is 10.1. The van der Waals surface area contributed by atoms with Crippen LogP contribution in [-0.4, -0.2) is 32.4 Å². The molecule has 2 heterocycles. The number of carboxylic acid groups (broad SMARTS) is 1. The molecule has 23 heavy (non-hydrogen) atoms. The lowest BCUT2D eigenvalue weighted by molar-refractivity contribution is -0.139. The van der Waals surface area contributed by atoms with E-state index in [1.54, 1.807) is 6.92 Å². The third-order valence-electron chi connectivity index (χ3n) is 3.71. The molecular weight excluding hydrogens is 318 g/mol. The van der Waals surface area contributed by atoms with Crippen molar-refractivity contribution >= 4 is 28.2 Å². The first-order valence-electron chi connectivity index (χ1n) is 7.38. The Morgan fingerprint density at radius 2 is 2.13 bits per heavy atom. The summed E-state index contributed by atoms with van der Waals surface area (Å²) in [6, 6.07) is -1.01. The van der Waals surface area contributed by atoms with Gasteiger partial charge in [0.05, 0.1) is 0 Å². The summed E-state index contributed by atoms with van der Waals surface area (Å²) in [6.07, 6.45) is 3.03. The molecule has 0 aliphatic rings. The summed E-state index contributed by atoms with van der Waals surface area (Å²) >= 11 is 1.37. The molecule has 2 rings (SSSR count). The maximum atomic E-state index is 12.5. The van der Waals surface area contributed by atoms with E-state index in [1.807, 2.05) is 13.8 Å². The minimum absolute atomic E-state index is 0.147. The predicted octanol–water partition coefficient (Wildman–Crippen LogP) is 1.75. The van der Waals surface area contributed by atoms with E-state index in [9.17, 15) is 19.5 Å². The van der Waals surface area contributed by atoms with Crippen LogP contribution in [0.1, 0.15) is 47.1 Å². The van der Waals surface area contributed by atoms with Gasteiger partial charge in [0.1, 0.15) is 11.6 Å². The van der Waals surface area contributed by atoms with Crippen LogP contribution in [0.5, 0.6) is 0 Å². The van der Waals surface area contributed by atoms with Crippen LogP contribution in [0.15, 0.2) is 11.0 Å². The second-order valence-corrected chi connectivity index (χ2v) is 6.53. The molecule has 0 bridgehead atoms. The fourth-order valence-electron chi connectivity index (χ4n) is 2.23. The Balaban J connectivity index is 2.34. The summed E-state index contributed by atoms with van der Waals surface area (Å²) in [5.41, 5.74) is 0.109. The van der Waals surface area contributed by atoms with Crippen molar-refractivity contribution in [2.24, 2.45) is 0 Å². The van der Waals surface area contributed by atoms with Crippen LogP contribution in [0.3, 0.4) is 0 Å². The van der Waals surface area contributed by atoms with E-state index < -0.39 is 23.5 Å². The number of aliphatic carboxylic acids is 1. The van der Waals surface area contributed by atoms with Crippen molar-refractivity contribution in [2.45, 2.75) is 46.1 Å². The van der Waals surface area contributed by atoms with Crippen LogP contribution in [0.2, 0.25) is 0 Å². The Kier molecular flexibility index (Phi) is 5.15. The van der Waals surface area contributed by atoms with E-state index in [0.29, 0.717) is 17.8 Å². The van der Waals surface area contributed by atoms with Gasteiger partial charge in [-0.1, -0.05) is 19.8 Å². The minimum atomic E-state index is -1.11. The summed E-state index contributed by atoms with van der Waals surface area (Å²) in [4.78, 5) is 41.6. The standard InChI is InChI=1S/C15H19N3O4S/c1-4-5-6-11(14(21)22)17-12(19)10-7-16-15-18(13(10)20)8(2)9(3)23-15/h7,11H,4-6H2,1-3H3,(H,17,19)(H,21,22). The molecule has 0 radical (unpaired) electrons. The molecule has 2 N–H and O–H groups in total. The van der Waals surface area contributed by atoms with Gasteiger partial charge in [0, 0.05) is 16.8 Å². The van der Waals surface area contributed by atoms with Gasteiger partial charge in [-0.25, -0.2) is 9.78 Å². The predicted molar refractivity (Wildman–Crippen MR) is 87.2 cm³/mol. The van der Waals surface area contributed by atoms with Gasteiger partial charge in [-0.3, -0.25) is 14.0 Å². The largest absolute Gasteiger partial charge is 0.480 e. The Hall–Kier alpha value is -2.22. The van der Waals surface area contributed by atoms with E-state index >= 15 is 0 Å². The van der Waals surface area contributed by atoms with Crippen LogP contribution in [0, 0.1) is 13.8 Å². The number of carbonyl (C=O) groups excluding carboxylic acids is 1. The topological polar surface area (TPSA) is 101 Å². The summed E-state index contributed by atoms with van der Waals surface area (Å²) < 4.78 is 1.39. The monoisotopic (exact) mass is 337 g/mol. The van der Waals surface area contributed by atoms with Crippen molar-refractivity contribution in [1.82, 2.24) is 14.7 Å². The minimum Gasteiger partial charge on any atom is -0.480 e. The summed E-state index contributed by atoms with van der Waals surface area (Å²) in [6.45, 7) is 5.59. The smallest absolute Gasteiger partial charge is 0.326 e. The number of hydrogen-bond acceptors (Lipinski definition) is 5. The van der Waals surface area contributed by atoms with E-state index in [2.05, 4.69) is 10.3 Å². The first-order valence-corrected chi connectivity index (χ1v) is 8.19. The fourth-order valence-corrected chi connectivity index (χ4v) is 3.16. The number of aromatic nitrogens is 2. The number of nitrogens with zero attached hydrogens (tertiary/aromatic N) is 2. The number of unbranched alkanes of at least 4 members (excludes halogenated alkanes) is 1. The molecule has 0 aliphatic carbocycles. The van der Waals surface area contributed by atoms with Crippen molar-refractivity contribution < 1.29 is 14.7 Å². The average Bonchev–Trinajstić information content (AvgIpc) is 2.79. The number of hydrogen-bond donors (Lipinski definition) is 2. The normalized spacial score (nSPS) is 12.3. The zero-order valence-corrected chi connectivity index (χ0v) is 14.1. The molecule has 0 aromatic carbocycles. The van der Waals surface area contributed by atoms with Gasteiger partial charge in [-0.05, 0) is 20.3 Å². The van der Waals surface area contributed by atoms with E-state index in [4.69, 9.17) is 0 Å². The summed E-state index contributed by atoms with van der Waals surface area (Å²) in [7, 11) is 0. The quantitative estimate of drug-likeness (QED) is 0.836. The number of amides is 1. The molecule has 0 fully saturated rings. The average molecular weight is 337 g/mol. The van der Waals surface area contributed by atoms with Gasteiger partial charge in [0.15, 0.2) is 4.96 Å². The molecule has 2 aromatic rings. The Labute approximate surface area is 137 Å². The number of carbonyl (C=O) groups is 2. The Morgan fingerprint density at radius 1 is 1.43 bits per heavy atom. The van der Waals surface area contributed by atoms with Crippen LogP contribution < -0.4 is 10.9 Å². The SMILES string of the molecule is CCCCC(NC(=O)c1cnc2sc(C)c(C)n2c1=O)C(=O)O. The Bertz CT molecular complexity index is 809. The first kappa shape index (κ1) is 17.1. The molecule has 0 aliphatic heterocycles. The van der Waals surface area contributed by atoms with Crippen molar-refractivity contribution in [2.75, 3.05) is 0 Å². The Morgan fingerprint density at radius 3 is 2.74 bits per heavy atom. The highest BCUT2D eigenvalue weighted by atomic mass is 32.1. The maximum absolute atomic E-state index is 12.5. The summed E-state index contributed by atoms with van der Waals surface area (Å²) in [5.74, 6) is -1.81. The molecule has 1 atom stereocenters. The van der Waals surface area contributed by atoms with Gasteiger partial charge in [-0.15, -0.1) is 11.3 Å². The van der Waals surface area contributed by atoms with Gasteiger partial charge >= 0.3 is 5.97 Å². The molecule has 0 saturated carbocycles. The van der Waals surface area contributed by atoms with E-state index in [1.165, 1.54) is 21.9 Å². The van der Waals surface area contributed by atoms with Crippen molar-refractivity contribution in [3.8, 4) is 0 Å². The van der Waals surface area contributed by atoms with Crippen molar-refractivity contribution in [3.63, 3.8) is 0 Å². The highest BCUT2D eigenvalue weighted by molar-refractivity contribution is 7.17. The second-order valence-electron chi connectivity index (χ2n) is 5.35. The van der Waals surface area contributed by atoms with Gasteiger partial charge in [0.2, 0.25) is 0 Å². The molecule has 0 spiro atoms. The molecular formula is C15H19N3O4S. The van der Waals surface area contributed by atoms with Crippen LogP contribution in [0.4, 0.5) is 0 Å². The van der Waals surface area contributed by atoms with Crippen molar-refractivity contribution in [3.05, 3.63) is 32.7 Å². The van der Waals surface area contributed by atoms with Crippen LogP contribution >= 0.6 is 11.3 Å². The molecule has 124 valence electrons. The highest BCUT2D eigenvalue weighted by Gasteiger charge is 2.23. The molecule has 8 heteroatoms. The fraction of sp³-hybridized carbons (Fsp3) is 0.467. The maximum Gasteiger partial charge on any atom is 0.326 e. The molecule has 7 nitrogen and oxygen atoms in total. The molecule has 0 saturated heterocycles. The van der Waals surface area contributed by atoms with Crippen molar-refractivity contribution in [1.29, 1.82) is 0 Å². The van der Waals surface area contributed by atoms with Gasteiger partial charge in [0.25, 0.3) is 11.5 Å². The third kappa shape index (κ3) is 3.42. The van der Waals surface area contributed by atoms with Crippen LogP contribution in [0.25, 0.3) is 4.96 Å². The number of carboxylic acids is 1. The second kappa shape index (κ2) is 6.91. The number of aryl methyl sites for hydroxylation is 2. The van der Waals surface area contributed by atoms with Crippen LogP contribution in [-0.2, 0) is 4.79 Å². The first-order chi connectivity index (χ1) is 10.9. The van der Waals surface area contributed by atoms with E-state index in [-0.39, 0.29) is 5.56 Å². The number of nitrogens with one attached hydrogen (secondary N) is 1. The zero-order chi connectivity index (χ0) is 17.1. The lowest BCUT2D eigenvalue weighted by Gasteiger charge is -2.13. The number of rotatable bonds is 6. The lowest BCUT2D eigenvalue weighted by Crippen LogP contribution is -2.43. The molecule has 2 aromatic heterocycles. The zero-order valence-electron chi connectivity index (χ0n) is 13.3. The van der Waals surface area contributed by atoms with Gasteiger partial charge in [-0.2, -0.15) is 0 Å².